The molecule has 0 aliphatic carbocycles. The van der Waals surface area contributed by atoms with Crippen LogP contribution in [0.5, 0.6) is 5.75 Å². The van der Waals surface area contributed by atoms with Gasteiger partial charge in [-0.3, -0.25) is 4.79 Å². The van der Waals surface area contributed by atoms with Gasteiger partial charge < -0.3 is 25.4 Å². The quantitative estimate of drug-likeness (QED) is 0.0709. The van der Waals surface area contributed by atoms with Gasteiger partial charge in [0.15, 0.2) is 0 Å². The SMILES string of the molecule is CCCCCc1ccc(-c2cc3ccc(SCC(COC(=O)C(C)(C)C(C)(N)CC(C)(C)N)C(F)(F)F)cc3o2)c(OC(F)(F)F)c1. The molecule has 4 N–H and O–H groups in total. The molecule has 262 valence electrons. The summed E-state index contributed by atoms with van der Waals surface area (Å²) in [6.07, 6.45) is -6.04. The van der Waals surface area contributed by atoms with Gasteiger partial charge in [-0.25, -0.2) is 0 Å². The van der Waals surface area contributed by atoms with Crippen LogP contribution in [0.25, 0.3) is 22.3 Å². The number of benzene rings is 2. The monoisotopic (exact) mass is 690 g/mol. The molecule has 1 heterocycles. The highest BCUT2D eigenvalue weighted by molar-refractivity contribution is 7.99. The molecule has 6 nitrogen and oxygen atoms in total. The lowest BCUT2D eigenvalue weighted by molar-refractivity contribution is -0.274. The Morgan fingerprint density at radius 1 is 0.936 bits per heavy atom. The van der Waals surface area contributed by atoms with Gasteiger partial charge in [0.25, 0.3) is 0 Å². The van der Waals surface area contributed by atoms with Gasteiger partial charge in [0.05, 0.1) is 16.9 Å². The van der Waals surface area contributed by atoms with Crippen molar-refractivity contribution in [2.24, 2.45) is 22.8 Å². The molecular formula is C34H44F6N2O4S. The fraction of sp³-hybridized carbons (Fsp3) is 0.559. The average Bonchev–Trinajstić information content (AvgIpc) is 3.33. The van der Waals surface area contributed by atoms with E-state index in [9.17, 15) is 31.1 Å². The minimum atomic E-state index is -4.92. The Kier molecular flexibility index (Phi) is 12.1. The van der Waals surface area contributed by atoms with Gasteiger partial charge >= 0.3 is 18.5 Å². The largest absolute Gasteiger partial charge is 0.573 e. The number of hydrogen-bond donors (Lipinski definition) is 2. The normalized spacial score (nSPS) is 15.0. The summed E-state index contributed by atoms with van der Waals surface area (Å²) >= 11 is 0.884. The second kappa shape index (κ2) is 14.7. The second-order valence-electron chi connectivity index (χ2n) is 13.5. The molecule has 3 rings (SSSR count). The number of aryl methyl sites for hydroxylation is 1. The molecule has 3 aromatic rings. The molecule has 1 aromatic heterocycles. The fourth-order valence-corrected chi connectivity index (χ4v) is 6.17. The molecule has 47 heavy (non-hydrogen) atoms. The van der Waals surface area contributed by atoms with Crippen molar-refractivity contribution in [3.05, 3.63) is 48.0 Å². The maximum atomic E-state index is 14.0. The zero-order chi connectivity index (χ0) is 35.4. The maximum absolute atomic E-state index is 14.0. The highest BCUT2D eigenvalue weighted by Gasteiger charge is 2.48. The highest BCUT2D eigenvalue weighted by Crippen LogP contribution is 2.40. The van der Waals surface area contributed by atoms with Gasteiger partial charge in [-0.1, -0.05) is 25.8 Å². The summed E-state index contributed by atoms with van der Waals surface area (Å²) < 4.78 is 97.1. The van der Waals surface area contributed by atoms with E-state index in [0.29, 0.717) is 22.3 Å². The van der Waals surface area contributed by atoms with Gasteiger partial charge in [0.2, 0.25) is 0 Å². The van der Waals surface area contributed by atoms with E-state index in [1.165, 1.54) is 32.0 Å². The first-order valence-electron chi connectivity index (χ1n) is 15.4. The van der Waals surface area contributed by atoms with E-state index >= 15 is 0 Å². The number of nitrogens with two attached hydrogens (primary N) is 2. The lowest BCUT2D eigenvalue weighted by atomic mass is 9.68. The van der Waals surface area contributed by atoms with Crippen LogP contribution in [-0.4, -0.2) is 41.9 Å². The van der Waals surface area contributed by atoms with Crippen LogP contribution >= 0.6 is 11.8 Å². The zero-order valence-electron chi connectivity index (χ0n) is 27.5. The number of thioether (sulfide) groups is 1. The number of esters is 1. The molecule has 2 unspecified atom stereocenters. The summed E-state index contributed by atoms with van der Waals surface area (Å²) in [4.78, 5) is 13.4. The van der Waals surface area contributed by atoms with Gasteiger partial charge in [0.1, 0.15) is 23.7 Å². The van der Waals surface area contributed by atoms with E-state index in [4.69, 9.17) is 20.6 Å². The first-order chi connectivity index (χ1) is 21.5. The van der Waals surface area contributed by atoms with Crippen LogP contribution in [0.3, 0.4) is 0 Å². The number of carbonyl (C=O) groups is 1. The minimum absolute atomic E-state index is 0.0949. The van der Waals surface area contributed by atoms with Gasteiger partial charge in [0, 0.05) is 27.1 Å². The predicted octanol–water partition coefficient (Wildman–Crippen LogP) is 9.42. The van der Waals surface area contributed by atoms with Gasteiger partial charge in [-0.2, -0.15) is 13.2 Å². The number of alkyl halides is 6. The number of hydrogen-bond acceptors (Lipinski definition) is 7. The Hall–Kier alpha value is -2.90. The molecule has 0 saturated heterocycles. The number of carbonyl (C=O) groups excluding carboxylic acids is 1. The fourth-order valence-electron chi connectivity index (χ4n) is 5.14. The van der Waals surface area contributed by atoms with E-state index < -0.39 is 59.0 Å². The molecule has 0 fully saturated rings. The van der Waals surface area contributed by atoms with Gasteiger partial charge in [-0.05, 0) is 95.8 Å². The number of ether oxygens (including phenoxy) is 2. The van der Waals surface area contributed by atoms with Crippen molar-refractivity contribution in [2.45, 2.75) is 102 Å². The highest BCUT2D eigenvalue weighted by atomic mass is 32.2. The maximum Gasteiger partial charge on any atom is 0.573 e. The zero-order valence-corrected chi connectivity index (χ0v) is 28.3. The van der Waals surface area contributed by atoms with E-state index in [0.717, 1.165) is 31.0 Å². The summed E-state index contributed by atoms with van der Waals surface area (Å²) in [6, 6.07) is 10.9. The summed E-state index contributed by atoms with van der Waals surface area (Å²) in [5.74, 6) is -3.59. The molecule has 0 radical (unpaired) electrons. The van der Waals surface area contributed by atoms with Crippen LogP contribution in [0.2, 0.25) is 0 Å². The van der Waals surface area contributed by atoms with Crippen molar-refractivity contribution in [3.8, 4) is 17.1 Å². The number of unbranched alkanes of at least 4 members (excludes halogenated alkanes) is 2. The van der Waals surface area contributed by atoms with E-state index in [1.807, 2.05) is 6.92 Å². The molecule has 0 spiro atoms. The molecule has 0 saturated carbocycles. The lowest BCUT2D eigenvalue weighted by Crippen LogP contribution is -2.59. The van der Waals surface area contributed by atoms with Crippen LogP contribution in [-0.2, 0) is 16.0 Å². The van der Waals surface area contributed by atoms with Crippen molar-refractivity contribution >= 4 is 28.7 Å². The molecule has 2 aromatic carbocycles. The molecule has 0 bridgehead atoms. The Bertz CT molecular complexity index is 1510. The molecule has 0 aliphatic heterocycles. The summed E-state index contributed by atoms with van der Waals surface area (Å²) in [5, 5.41) is 0.545. The molecule has 0 aliphatic rings. The average molecular weight is 691 g/mol. The van der Waals surface area contributed by atoms with E-state index in [2.05, 4.69) is 4.74 Å². The minimum Gasteiger partial charge on any atom is -0.465 e. The van der Waals surface area contributed by atoms with Crippen molar-refractivity contribution in [1.29, 1.82) is 0 Å². The van der Waals surface area contributed by atoms with Crippen molar-refractivity contribution in [2.75, 3.05) is 12.4 Å². The van der Waals surface area contributed by atoms with Crippen LogP contribution in [0, 0.1) is 11.3 Å². The lowest BCUT2D eigenvalue weighted by Gasteiger charge is -2.42. The molecule has 0 amide bonds. The third kappa shape index (κ3) is 10.8. The standard InChI is InChI=1S/C34H44F6N2O4S/c1-7-8-9-10-21-11-14-25(28(15-21)46-34(38,39)40)27-16-22-12-13-24(17-26(22)45-27)47-19-23(33(35,36)37)18-44-29(43)31(4,5)32(6,42)20-30(2,3)41/h11-17,23H,7-10,18-20,41-42H2,1-6H3. The molecule has 2 atom stereocenters. The van der Waals surface area contributed by atoms with Crippen LogP contribution in [0.15, 0.2) is 51.8 Å². The molecular weight excluding hydrogens is 646 g/mol. The first kappa shape index (κ1) is 38.5. The third-order valence-corrected chi connectivity index (χ3v) is 9.34. The predicted molar refractivity (Wildman–Crippen MR) is 172 cm³/mol. The first-order valence-corrected chi connectivity index (χ1v) is 16.4. The van der Waals surface area contributed by atoms with Crippen molar-refractivity contribution < 1.29 is 45.0 Å². The topological polar surface area (TPSA) is 101 Å². The Labute approximate surface area is 275 Å². The number of furan rings is 1. The smallest absolute Gasteiger partial charge is 0.465 e. The number of fused-ring (bicyclic) bond motifs is 1. The van der Waals surface area contributed by atoms with E-state index in [1.54, 1.807) is 45.0 Å². The molecule has 13 heteroatoms. The Morgan fingerprint density at radius 2 is 1.62 bits per heavy atom. The van der Waals surface area contributed by atoms with Crippen LogP contribution in [0.1, 0.15) is 72.8 Å². The van der Waals surface area contributed by atoms with Gasteiger partial charge in [-0.15, -0.1) is 24.9 Å². The Balaban J connectivity index is 1.77. The van der Waals surface area contributed by atoms with Crippen molar-refractivity contribution in [3.63, 3.8) is 0 Å². The van der Waals surface area contributed by atoms with Crippen molar-refractivity contribution in [1.82, 2.24) is 0 Å². The number of halogens is 6. The second-order valence-corrected chi connectivity index (χ2v) is 14.6. The third-order valence-electron chi connectivity index (χ3n) is 8.19. The van der Waals surface area contributed by atoms with E-state index in [-0.39, 0.29) is 23.3 Å². The number of rotatable bonds is 15. The summed E-state index contributed by atoms with van der Waals surface area (Å²) in [5.41, 5.74) is 10.3. The summed E-state index contributed by atoms with van der Waals surface area (Å²) in [6.45, 7) is 9.26. The van der Waals surface area contributed by atoms with Crippen LogP contribution < -0.4 is 16.2 Å². The Morgan fingerprint density at radius 3 is 2.21 bits per heavy atom. The summed E-state index contributed by atoms with van der Waals surface area (Å²) in [7, 11) is 0. The van der Waals surface area contributed by atoms with Crippen LogP contribution in [0.4, 0.5) is 26.3 Å².